The van der Waals surface area contributed by atoms with Crippen molar-refractivity contribution in [1.82, 2.24) is 4.48 Å². The van der Waals surface area contributed by atoms with Crippen molar-refractivity contribution in [2.45, 2.75) is 59.3 Å². The topological polar surface area (TPSA) is 34.2 Å². The first kappa shape index (κ1) is 37.7. The first-order valence-electron chi connectivity index (χ1n) is 22.4. The second-order valence-electron chi connectivity index (χ2n) is 20.1. The molecule has 3 nitrogen and oxygen atoms in total. The first-order valence-corrected chi connectivity index (χ1v) is 22.4. The molecule has 0 spiro atoms. The van der Waals surface area contributed by atoms with E-state index in [2.05, 4.69) is 222 Å². The Bertz CT molecular complexity index is 3490. The van der Waals surface area contributed by atoms with E-state index in [1.165, 1.54) is 110 Å². The number of hydrogen-bond acceptors (Lipinski definition) is 2. The predicted octanol–water partition coefficient (Wildman–Crippen LogP) is 14.3. The number of fused-ring (bicyclic) bond motifs is 9. The van der Waals surface area contributed by atoms with Crippen molar-refractivity contribution in [3.05, 3.63) is 180 Å². The zero-order chi connectivity index (χ0) is 43.1. The van der Waals surface area contributed by atoms with Crippen LogP contribution in [0.2, 0.25) is 0 Å². The van der Waals surface area contributed by atoms with Crippen molar-refractivity contribution in [1.29, 1.82) is 0 Å². The number of nitrogens with zero attached hydrogens (tertiary/aromatic N) is 2. The van der Waals surface area contributed by atoms with Gasteiger partial charge in [0.15, 0.2) is 0 Å². The van der Waals surface area contributed by atoms with Crippen LogP contribution in [0.3, 0.4) is 0 Å². The molecule has 2 N–H and O–H groups in total. The third-order valence-electron chi connectivity index (χ3n) is 14.0. The number of nitrogens with two attached hydrogens (primary N) is 1. The molecule has 0 saturated heterocycles. The van der Waals surface area contributed by atoms with Gasteiger partial charge in [0.05, 0.1) is 0 Å². The molecule has 2 aliphatic heterocycles. The maximum atomic E-state index is 7.20. The van der Waals surface area contributed by atoms with Crippen molar-refractivity contribution in [2.75, 3.05) is 10.6 Å². The van der Waals surface area contributed by atoms with E-state index in [-0.39, 0.29) is 17.7 Å². The number of aryl methyl sites for hydroxylation is 1. The van der Waals surface area contributed by atoms with Crippen molar-refractivity contribution in [2.24, 2.45) is 0 Å². The largest absolute Gasteiger partial charge is 0.399 e. The maximum Gasteiger partial charge on any atom is 0.333 e. The molecule has 1 aromatic heterocycles. The van der Waals surface area contributed by atoms with Crippen LogP contribution in [0.25, 0.3) is 76.7 Å². The highest BCUT2D eigenvalue weighted by Crippen LogP contribution is 2.50. The molecule has 0 saturated carbocycles. The fourth-order valence-corrected chi connectivity index (χ4v) is 10.8. The smallest absolute Gasteiger partial charge is 0.333 e. The summed E-state index contributed by atoms with van der Waals surface area (Å²) in [6.45, 7) is 16.2. The Hall–Kier alpha value is -7.04. The van der Waals surface area contributed by atoms with Crippen LogP contribution in [0, 0.1) is 6.92 Å². The lowest BCUT2D eigenvalue weighted by atomic mass is 9.44. The molecule has 4 heteroatoms. The first-order chi connectivity index (χ1) is 30.3. The molecule has 0 aliphatic carbocycles. The van der Waals surface area contributed by atoms with Crippen molar-refractivity contribution in [3.63, 3.8) is 0 Å². The second kappa shape index (κ2) is 13.2. The molecule has 0 fully saturated rings. The lowest BCUT2D eigenvalue weighted by Gasteiger charge is -2.42. The van der Waals surface area contributed by atoms with E-state index in [0.717, 1.165) is 17.1 Å². The Morgan fingerprint density at radius 2 is 1.11 bits per heavy atom. The standard InChI is InChI=1S/C59H50BN3/c1-35-47-28-39-21-15-14-20-38(39)24-42(47)29-52-56(35)62(46-26-40(36-16-10-8-11-17-36)25-41(27-46)37-18-12-9-13-19-37)54-34-45(61)33-49-51-32-44(59(5,6)7)31-50-48-30-43(58(2,3)4)22-23-53(48)63(57(50)51)60(52)55(49)54/h8-34H,61H2,1-7H3. The highest BCUT2D eigenvalue weighted by Gasteiger charge is 2.44. The van der Waals surface area contributed by atoms with E-state index >= 15 is 0 Å². The minimum Gasteiger partial charge on any atom is -0.399 e. The minimum atomic E-state index is -0.101. The molecule has 0 bridgehead atoms. The van der Waals surface area contributed by atoms with Gasteiger partial charge in [-0.25, -0.2) is 0 Å². The van der Waals surface area contributed by atoms with Crippen molar-refractivity contribution in [3.8, 4) is 33.4 Å². The number of benzene rings is 9. The Morgan fingerprint density at radius 1 is 0.492 bits per heavy atom. The molecule has 304 valence electrons. The van der Waals surface area contributed by atoms with E-state index in [0.29, 0.717) is 0 Å². The average molecular weight is 812 g/mol. The molecular weight excluding hydrogens is 761 g/mol. The Morgan fingerprint density at radius 3 is 1.76 bits per heavy atom. The van der Waals surface area contributed by atoms with Gasteiger partial charge in [0.1, 0.15) is 0 Å². The summed E-state index contributed by atoms with van der Waals surface area (Å²) in [7, 11) is 0. The highest BCUT2D eigenvalue weighted by molar-refractivity contribution is 6.90. The van der Waals surface area contributed by atoms with Gasteiger partial charge < -0.3 is 15.1 Å². The summed E-state index contributed by atoms with van der Waals surface area (Å²) in [4.78, 5) is 2.56. The minimum absolute atomic E-state index is 0.00146. The molecule has 0 radical (unpaired) electrons. The zero-order valence-corrected chi connectivity index (χ0v) is 37.1. The monoisotopic (exact) mass is 811 g/mol. The maximum absolute atomic E-state index is 7.20. The Labute approximate surface area is 370 Å². The highest BCUT2D eigenvalue weighted by atomic mass is 15.2. The summed E-state index contributed by atoms with van der Waals surface area (Å²) >= 11 is 0. The van der Waals surface area contributed by atoms with E-state index < -0.39 is 0 Å². The summed E-state index contributed by atoms with van der Waals surface area (Å²) in [6, 6.07) is 61.5. The summed E-state index contributed by atoms with van der Waals surface area (Å²) in [5, 5.41) is 7.63. The molecule has 3 heterocycles. The second-order valence-corrected chi connectivity index (χ2v) is 20.1. The van der Waals surface area contributed by atoms with E-state index in [1.807, 2.05) is 0 Å². The molecule has 9 aromatic carbocycles. The number of aromatic nitrogens is 1. The van der Waals surface area contributed by atoms with Gasteiger partial charge in [-0.1, -0.05) is 139 Å². The number of nitrogen functional groups attached to an aromatic ring is 1. The molecule has 63 heavy (non-hydrogen) atoms. The molecule has 0 unspecified atom stereocenters. The third kappa shape index (κ3) is 5.67. The van der Waals surface area contributed by atoms with E-state index in [9.17, 15) is 0 Å². The van der Waals surface area contributed by atoms with Gasteiger partial charge in [0.2, 0.25) is 0 Å². The van der Waals surface area contributed by atoms with E-state index in [1.54, 1.807) is 0 Å². The fraction of sp³-hybridized carbons (Fsp3) is 0.153. The number of hydrogen-bond donors (Lipinski definition) is 1. The molecule has 2 aliphatic rings. The molecule has 0 atom stereocenters. The summed E-state index contributed by atoms with van der Waals surface area (Å²) in [5.41, 5.74) is 27.6. The lowest BCUT2D eigenvalue weighted by molar-refractivity contribution is 0.590. The van der Waals surface area contributed by atoms with Gasteiger partial charge in [0, 0.05) is 50.1 Å². The zero-order valence-electron chi connectivity index (χ0n) is 37.1. The van der Waals surface area contributed by atoms with Crippen molar-refractivity contribution < 1.29 is 0 Å². The summed E-state index contributed by atoms with van der Waals surface area (Å²) in [5.74, 6) is 0. The predicted molar refractivity (Wildman–Crippen MR) is 272 cm³/mol. The van der Waals surface area contributed by atoms with Crippen LogP contribution in [0.1, 0.15) is 58.2 Å². The molecule has 12 rings (SSSR count). The molecular formula is C59H50BN3. The average Bonchev–Trinajstić information content (AvgIpc) is 3.61. The Balaban J connectivity index is 1.26. The quantitative estimate of drug-likeness (QED) is 0.110. The van der Waals surface area contributed by atoms with Crippen molar-refractivity contribution >= 4 is 83.9 Å². The van der Waals surface area contributed by atoms with Gasteiger partial charge >= 0.3 is 6.85 Å². The summed E-state index contributed by atoms with van der Waals surface area (Å²) < 4.78 is 2.69. The van der Waals surface area contributed by atoms with Crippen LogP contribution in [-0.4, -0.2) is 11.3 Å². The van der Waals surface area contributed by atoms with Gasteiger partial charge in [0.25, 0.3) is 0 Å². The van der Waals surface area contributed by atoms with Gasteiger partial charge in [-0.3, -0.25) is 0 Å². The normalized spacial score (nSPS) is 13.3. The number of anilines is 4. The van der Waals surface area contributed by atoms with Gasteiger partial charge in [-0.05, 0) is 161 Å². The van der Waals surface area contributed by atoms with Gasteiger partial charge in [-0.15, -0.1) is 0 Å². The molecule has 0 amide bonds. The van der Waals surface area contributed by atoms with Crippen LogP contribution in [0.15, 0.2) is 164 Å². The number of rotatable bonds is 3. The Kier molecular flexibility index (Phi) is 7.92. The lowest BCUT2D eigenvalue weighted by Crippen LogP contribution is -2.57. The third-order valence-corrected chi connectivity index (χ3v) is 14.0. The molecule has 10 aromatic rings. The van der Waals surface area contributed by atoms with Crippen LogP contribution < -0.4 is 21.6 Å². The van der Waals surface area contributed by atoms with Crippen LogP contribution in [0.4, 0.5) is 22.7 Å². The van der Waals surface area contributed by atoms with Crippen LogP contribution in [-0.2, 0) is 10.8 Å². The van der Waals surface area contributed by atoms with Crippen LogP contribution >= 0.6 is 0 Å². The fourth-order valence-electron chi connectivity index (χ4n) is 10.8. The summed E-state index contributed by atoms with van der Waals surface area (Å²) in [6.07, 6.45) is 0. The SMILES string of the molecule is Cc1c2c(cc3cc4ccccc4cc13)B1c3c(cc(N)cc3N2c2cc(-c3ccccc3)cc(-c3ccccc3)c2)-c2cc(C(C)(C)C)cc3c4cc(C(C)(C)C)ccc4n1c23. The van der Waals surface area contributed by atoms with Crippen LogP contribution in [0.5, 0.6) is 0 Å². The van der Waals surface area contributed by atoms with Gasteiger partial charge in [-0.2, -0.15) is 0 Å². The van der Waals surface area contributed by atoms with E-state index in [4.69, 9.17) is 5.73 Å².